The van der Waals surface area contributed by atoms with E-state index in [-0.39, 0.29) is 12.4 Å². The van der Waals surface area contributed by atoms with Crippen LogP contribution >= 0.6 is 0 Å². The highest BCUT2D eigenvalue weighted by atomic mass is 19.1. The van der Waals surface area contributed by atoms with Crippen LogP contribution in [0.4, 0.5) is 4.39 Å². The van der Waals surface area contributed by atoms with Crippen molar-refractivity contribution in [2.45, 2.75) is 13.0 Å². The minimum Gasteiger partial charge on any atom is -0.385 e. The Labute approximate surface area is 70.0 Å². The van der Waals surface area contributed by atoms with Crippen molar-refractivity contribution in [1.29, 1.82) is 0 Å². The van der Waals surface area contributed by atoms with Crippen LogP contribution in [0.5, 0.6) is 0 Å². The Balaban J connectivity index is 2.96. The summed E-state index contributed by atoms with van der Waals surface area (Å²) < 4.78 is 12.7. The quantitative estimate of drug-likeness (QED) is 0.680. The summed E-state index contributed by atoms with van der Waals surface area (Å²) in [5.74, 6) is -0.372. The highest BCUT2D eigenvalue weighted by Gasteiger charge is 2.07. The summed E-state index contributed by atoms with van der Waals surface area (Å²) in [7, 11) is 0. The highest BCUT2D eigenvalue weighted by Crippen LogP contribution is 2.11. The second kappa shape index (κ2) is 3.60. The molecule has 12 heavy (non-hydrogen) atoms. The van der Waals surface area contributed by atoms with Crippen LogP contribution in [0.25, 0.3) is 0 Å². The van der Waals surface area contributed by atoms with Gasteiger partial charge in [0.05, 0.1) is 11.9 Å². The van der Waals surface area contributed by atoms with E-state index in [1.54, 1.807) is 6.92 Å². The summed E-state index contributed by atoms with van der Waals surface area (Å²) in [6.07, 6.45) is 0.285. The van der Waals surface area contributed by atoms with Gasteiger partial charge >= 0.3 is 0 Å². The van der Waals surface area contributed by atoms with E-state index in [1.807, 2.05) is 0 Å². The van der Waals surface area contributed by atoms with Crippen molar-refractivity contribution in [2.24, 2.45) is 5.73 Å². The van der Waals surface area contributed by atoms with Crippen molar-refractivity contribution in [3.8, 4) is 0 Å². The lowest BCUT2D eigenvalue weighted by molar-refractivity contribution is 0.181. The molecule has 0 radical (unpaired) electrons. The van der Waals surface area contributed by atoms with E-state index in [4.69, 9.17) is 5.73 Å². The fraction of sp³-hybridized carbons (Fsp3) is 0.375. The maximum absolute atomic E-state index is 12.7. The largest absolute Gasteiger partial charge is 0.385 e. The number of rotatable bonds is 2. The lowest BCUT2D eigenvalue weighted by Gasteiger charge is -2.07. The smallest absolute Gasteiger partial charge is 0.144 e. The molecule has 0 aromatic carbocycles. The molecule has 0 bridgehead atoms. The van der Waals surface area contributed by atoms with Gasteiger partial charge in [-0.05, 0) is 18.6 Å². The second-order valence-corrected chi connectivity index (χ2v) is 2.61. The van der Waals surface area contributed by atoms with E-state index in [9.17, 15) is 9.50 Å². The zero-order valence-electron chi connectivity index (χ0n) is 6.79. The average Bonchev–Trinajstić information content (AvgIpc) is 2.08. The molecule has 1 aromatic rings. The lowest BCUT2D eigenvalue weighted by Crippen LogP contribution is -2.13. The zero-order valence-corrected chi connectivity index (χ0v) is 6.79. The molecular formula is C8H11FN2O. The van der Waals surface area contributed by atoms with Gasteiger partial charge < -0.3 is 10.8 Å². The van der Waals surface area contributed by atoms with E-state index in [0.717, 1.165) is 6.20 Å². The Bertz CT molecular complexity index is 278. The Morgan fingerprint density at radius 3 is 2.92 bits per heavy atom. The standard InChI is InChI=1S/C8H11FN2O/c1-5-2-7(8(12)3-10)11-4-6(5)9/h2,4,8,12H,3,10H2,1H3. The molecule has 1 atom stereocenters. The maximum atomic E-state index is 12.7. The number of aliphatic hydroxyl groups is 1. The third-order valence-electron chi connectivity index (χ3n) is 1.63. The van der Waals surface area contributed by atoms with Gasteiger partial charge in [0, 0.05) is 6.54 Å². The topological polar surface area (TPSA) is 59.1 Å². The van der Waals surface area contributed by atoms with Gasteiger partial charge in [-0.15, -0.1) is 0 Å². The Hall–Kier alpha value is -1.00. The summed E-state index contributed by atoms with van der Waals surface area (Å²) in [5.41, 5.74) is 6.09. The van der Waals surface area contributed by atoms with Crippen molar-refractivity contribution >= 4 is 0 Å². The third-order valence-corrected chi connectivity index (χ3v) is 1.63. The van der Waals surface area contributed by atoms with Crippen LogP contribution in [0.1, 0.15) is 17.4 Å². The number of hydrogen-bond acceptors (Lipinski definition) is 3. The van der Waals surface area contributed by atoms with Gasteiger partial charge in [-0.25, -0.2) is 4.39 Å². The van der Waals surface area contributed by atoms with Crippen LogP contribution < -0.4 is 5.73 Å². The molecule has 0 spiro atoms. The molecular weight excluding hydrogens is 159 g/mol. The van der Waals surface area contributed by atoms with Gasteiger partial charge in [-0.3, -0.25) is 4.98 Å². The SMILES string of the molecule is Cc1cc(C(O)CN)ncc1F. The molecule has 0 aliphatic carbocycles. The summed E-state index contributed by atoms with van der Waals surface area (Å²) >= 11 is 0. The minimum atomic E-state index is -0.802. The van der Waals surface area contributed by atoms with Crippen LogP contribution in [0, 0.1) is 12.7 Å². The minimum absolute atomic E-state index is 0.0953. The number of aliphatic hydroxyl groups excluding tert-OH is 1. The first-order valence-corrected chi connectivity index (χ1v) is 3.65. The summed E-state index contributed by atoms with van der Waals surface area (Å²) in [6, 6.07) is 1.49. The number of aryl methyl sites for hydroxylation is 1. The van der Waals surface area contributed by atoms with E-state index >= 15 is 0 Å². The summed E-state index contributed by atoms with van der Waals surface area (Å²) in [6.45, 7) is 1.71. The van der Waals surface area contributed by atoms with Crippen LogP contribution in [0.3, 0.4) is 0 Å². The molecule has 1 unspecified atom stereocenters. The van der Waals surface area contributed by atoms with Crippen molar-refractivity contribution < 1.29 is 9.50 Å². The summed E-state index contributed by atoms with van der Waals surface area (Å²) in [5, 5.41) is 9.23. The van der Waals surface area contributed by atoms with E-state index in [1.165, 1.54) is 6.07 Å². The van der Waals surface area contributed by atoms with Crippen LogP contribution in [-0.2, 0) is 0 Å². The van der Waals surface area contributed by atoms with Gasteiger partial charge in [0.1, 0.15) is 11.9 Å². The van der Waals surface area contributed by atoms with Crippen molar-refractivity contribution in [3.63, 3.8) is 0 Å². The molecule has 1 heterocycles. The van der Waals surface area contributed by atoms with Gasteiger partial charge in [0.15, 0.2) is 0 Å². The maximum Gasteiger partial charge on any atom is 0.144 e. The normalized spacial score (nSPS) is 13.0. The predicted molar refractivity (Wildman–Crippen MR) is 42.9 cm³/mol. The van der Waals surface area contributed by atoms with Gasteiger partial charge in [-0.2, -0.15) is 0 Å². The number of nitrogens with two attached hydrogens (primary N) is 1. The highest BCUT2D eigenvalue weighted by molar-refractivity contribution is 5.18. The molecule has 0 fully saturated rings. The number of halogens is 1. The predicted octanol–water partition coefficient (Wildman–Crippen LogP) is 0.521. The molecule has 3 nitrogen and oxygen atoms in total. The average molecular weight is 170 g/mol. The Morgan fingerprint density at radius 1 is 1.75 bits per heavy atom. The van der Waals surface area contributed by atoms with E-state index in [2.05, 4.69) is 4.98 Å². The van der Waals surface area contributed by atoms with Crippen molar-refractivity contribution in [1.82, 2.24) is 4.98 Å². The van der Waals surface area contributed by atoms with Crippen molar-refractivity contribution in [2.75, 3.05) is 6.54 Å². The van der Waals surface area contributed by atoms with Gasteiger partial charge in [-0.1, -0.05) is 0 Å². The Kier molecular flexibility index (Phi) is 2.73. The fourth-order valence-corrected chi connectivity index (χ4v) is 0.864. The third kappa shape index (κ3) is 1.78. The fourth-order valence-electron chi connectivity index (χ4n) is 0.864. The molecule has 1 rings (SSSR count). The molecule has 0 saturated heterocycles. The zero-order chi connectivity index (χ0) is 9.14. The molecule has 1 aromatic heterocycles. The number of pyridine rings is 1. The molecule has 0 aliphatic heterocycles. The molecule has 3 N–H and O–H groups in total. The molecule has 4 heteroatoms. The second-order valence-electron chi connectivity index (χ2n) is 2.61. The number of aromatic nitrogens is 1. The molecule has 0 aliphatic rings. The number of nitrogens with zero attached hydrogens (tertiary/aromatic N) is 1. The van der Waals surface area contributed by atoms with Gasteiger partial charge in [0.2, 0.25) is 0 Å². The summed E-state index contributed by atoms with van der Waals surface area (Å²) in [4.78, 5) is 3.70. The lowest BCUT2D eigenvalue weighted by atomic mass is 10.2. The van der Waals surface area contributed by atoms with Crippen molar-refractivity contribution in [3.05, 3.63) is 29.3 Å². The first-order valence-electron chi connectivity index (χ1n) is 3.65. The first-order chi connectivity index (χ1) is 5.65. The molecule has 0 amide bonds. The number of hydrogen-bond donors (Lipinski definition) is 2. The molecule has 0 saturated carbocycles. The Morgan fingerprint density at radius 2 is 2.42 bits per heavy atom. The van der Waals surface area contributed by atoms with Crippen LogP contribution in [0.15, 0.2) is 12.3 Å². The molecule has 66 valence electrons. The van der Waals surface area contributed by atoms with Crippen LogP contribution in [0.2, 0.25) is 0 Å². The van der Waals surface area contributed by atoms with Crippen LogP contribution in [-0.4, -0.2) is 16.6 Å². The van der Waals surface area contributed by atoms with E-state index < -0.39 is 6.10 Å². The van der Waals surface area contributed by atoms with Gasteiger partial charge in [0.25, 0.3) is 0 Å². The van der Waals surface area contributed by atoms with E-state index in [0.29, 0.717) is 11.3 Å². The first kappa shape index (κ1) is 9.09. The monoisotopic (exact) mass is 170 g/mol.